The lowest BCUT2D eigenvalue weighted by Gasteiger charge is -2.20. The van der Waals surface area contributed by atoms with Gasteiger partial charge in [0.05, 0.1) is 17.4 Å². The third-order valence-corrected chi connectivity index (χ3v) is 3.23. The van der Waals surface area contributed by atoms with Gasteiger partial charge in [-0.05, 0) is 32.5 Å². The van der Waals surface area contributed by atoms with E-state index in [1.165, 1.54) is 6.07 Å². The second kappa shape index (κ2) is 6.13. The molecule has 2 rings (SSSR count). The van der Waals surface area contributed by atoms with Crippen molar-refractivity contribution >= 4 is 0 Å². The van der Waals surface area contributed by atoms with Gasteiger partial charge in [-0.25, -0.2) is 8.78 Å². The normalized spacial score (nSPS) is 12.7. The molecule has 0 aliphatic carbocycles. The molecule has 0 saturated heterocycles. The number of hydrogen-bond acceptors (Lipinski definition) is 2. The van der Waals surface area contributed by atoms with Gasteiger partial charge < -0.3 is 5.32 Å². The number of aryl methyl sites for hydroxylation is 2. The van der Waals surface area contributed by atoms with Crippen LogP contribution in [-0.2, 0) is 6.54 Å². The molecule has 3 nitrogen and oxygen atoms in total. The first kappa shape index (κ1) is 14.7. The van der Waals surface area contributed by atoms with Crippen molar-refractivity contribution in [2.45, 2.75) is 33.4 Å². The van der Waals surface area contributed by atoms with E-state index < -0.39 is 17.7 Å². The van der Waals surface area contributed by atoms with E-state index in [0.717, 1.165) is 17.5 Å². The number of aromatic nitrogens is 2. The Labute approximate surface area is 117 Å². The van der Waals surface area contributed by atoms with Gasteiger partial charge in [0.1, 0.15) is 0 Å². The average molecular weight is 279 g/mol. The highest BCUT2D eigenvalue weighted by atomic mass is 19.2. The van der Waals surface area contributed by atoms with Gasteiger partial charge in [-0.2, -0.15) is 5.10 Å². The molecule has 5 heteroatoms. The summed E-state index contributed by atoms with van der Waals surface area (Å²) in [5, 5.41) is 7.57. The summed E-state index contributed by atoms with van der Waals surface area (Å²) in [6.07, 6.45) is 0. The predicted molar refractivity (Wildman–Crippen MR) is 74.5 cm³/mol. The summed E-state index contributed by atoms with van der Waals surface area (Å²) >= 11 is 0. The molecule has 1 unspecified atom stereocenters. The fourth-order valence-electron chi connectivity index (χ4n) is 2.37. The highest BCUT2D eigenvalue weighted by Crippen LogP contribution is 2.26. The van der Waals surface area contributed by atoms with Crippen LogP contribution in [0.2, 0.25) is 0 Å². The summed E-state index contributed by atoms with van der Waals surface area (Å²) in [6.45, 7) is 7.13. The SMILES string of the molecule is CCNC(c1cccc(F)c1F)c1cc(C)nn1CC. The summed E-state index contributed by atoms with van der Waals surface area (Å²) in [7, 11) is 0. The topological polar surface area (TPSA) is 29.9 Å². The Hall–Kier alpha value is -1.75. The highest BCUT2D eigenvalue weighted by molar-refractivity contribution is 5.31. The van der Waals surface area contributed by atoms with Gasteiger partial charge in [-0.1, -0.05) is 19.1 Å². The summed E-state index contributed by atoms with van der Waals surface area (Å²) in [6, 6.07) is 5.76. The molecule has 0 aliphatic heterocycles. The molecule has 0 spiro atoms. The van der Waals surface area contributed by atoms with Crippen molar-refractivity contribution < 1.29 is 8.78 Å². The molecule has 0 aliphatic rings. The summed E-state index contributed by atoms with van der Waals surface area (Å²) < 4.78 is 29.3. The lowest BCUT2D eigenvalue weighted by Crippen LogP contribution is -2.26. The van der Waals surface area contributed by atoms with Crippen LogP contribution in [0, 0.1) is 18.6 Å². The van der Waals surface area contributed by atoms with E-state index in [9.17, 15) is 8.78 Å². The Morgan fingerprint density at radius 3 is 2.70 bits per heavy atom. The molecule has 0 saturated carbocycles. The minimum Gasteiger partial charge on any atom is -0.305 e. The van der Waals surface area contributed by atoms with E-state index in [2.05, 4.69) is 10.4 Å². The molecule has 0 bridgehead atoms. The Balaban J connectivity index is 2.53. The summed E-state index contributed by atoms with van der Waals surface area (Å²) in [5.74, 6) is -1.63. The van der Waals surface area contributed by atoms with Crippen LogP contribution in [0.1, 0.15) is 36.8 Å². The van der Waals surface area contributed by atoms with Crippen molar-refractivity contribution in [3.63, 3.8) is 0 Å². The van der Waals surface area contributed by atoms with Gasteiger partial charge in [-0.3, -0.25) is 4.68 Å². The highest BCUT2D eigenvalue weighted by Gasteiger charge is 2.22. The minimum absolute atomic E-state index is 0.307. The number of halogens is 2. The first-order valence-corrected chi connectivity index (χ1v) is 6.80. The number of benzene rings is 1. The van der Waals surface area contributed by atoms with Gasteiger partial charge in [-0.15, -0.1) is 0 Å². The maximum absolute atomic E-state index is 14.1. The van der Waals surface area contributed by atoms with Crippen molar-refractivity contribution in [3.05, 3.63) is 52.9 Å². The Morgan fingerprint density at radius 2 is 2.05 bits per heavy atom. The number of nitrogens with zero attached hydrogens (tertiary/aromatic N) is 2. The van der Waals surface area contributed by atoms with Gasteiger partial charge in [0.15, 0.2) is 11.6 Å². The van der Waals surface area contributed by atoms with Crippen molar-refractivity contribution in [2.75, 3.05) is 6.54 Å². The number of rotatable bonds is 5. The van der Waals surface area contributed by atoms with Gasteiger partial charge in [0.2, 0.25) is 0 Å². The van der Waals surface area contributed by atoms with Gasteiger partial charge >= 0.3 is 0 Å². The molecule has 0 amide bonds. The Bertz CT molecular complexity index is 593. The maximum atomic E-state index is 14.1. The van der Waals surface area contributed by atoms with Gasteiger partial charge in [0.25, 0.3) is 0 Å². The Morgan fingerprint density at radius 1 is 1.30 bits per heavy atom. The number of nitrogens with one attached hydrogen (secondary N) is 1. The van der Waals surface area contributed by atoms with E-state index in [-0.39, 0.29) is 0 Å². The van der Waals surface area contributed by atoms with Crippen LogP contribution < -0.4 is 5.32 Å². The van der Waals surface area contributed by atoms with Gasteiger partial charge in [0, 0.05) is 12.1 Å². The lowest BCUT2D eigenvalue weighted by molar-refractivity contribution is 0.471. The van der Waals surface area contributed by atoms with Crippen LogP contribution in [0.25, 0.3) is 0 Å². The first-order valence-electron chi connectivity index (χ1n) is 6.80. The molecule has 0 fully saturated rings. The van der Waals surface area contributed by atoms with E-state index in [1.54, 1.807) is 6.07 Å². The van der Waals surface area contributed by atoms with Crippen LogP contribution in [0.3, 0.4) is 0 Å². The van der Waals surface area contributed by atoms with E-state index >= 15 is 0 Å². The molecule has 1 N–H and O–H groups in total. The molecule has 1 aromatic carbocycles. The van der Waals surface area contributed by atoms with Crippen molar-refractivity contribution in [1.29, 1.82) is 0 Å². The van der Waals surface area contributed by atoms with Crippen molar-refractivity contribution in [3.8, 4) is 0 Å². The second-order valence-electron chi connectivity index (χ2n) is 4.66. The smallest absolute Gasteiger partial charge is 0.163 e. The lowest BCUT2D eigenvalue weighted by atomic mass is 10.0. The quantitative estimate of drug-likeness (QED) is 0.911. The van der Waals surface area contributed by atoms with Crippen LogP contribution >= 0.6 is 0 Å². The summed E-state index contributed by atoms with van der Waals surface area (Å²) in [5.41, 5.74) is 2.01. The van der Waals surface area contributed by atoms with E-state index in [0.29, 0.717) is 18.7 Å². The van der Waals surface area contributed by atoms with Crippen molar-refractivity contribution in [1.82, 2.24) is 15.1 Å². The fourth-order valence-corrected chi connectivity index (χ4v) is 2.37. The Kier molecular flexibility index (Phi) is 4.49. The minimum atomic E-state index is -0.829. The van der Waals surface area contributed by atoms with Crippen LogP contribution in [0.15, 0.2) is 24.3 Å². The molecule has 0 radical (unpaired) electrons. The molecule has 1 aromatic heterocycles. The van der Waals surface area contributed by atoms with Crippen molar-refractivity contribution in [2.24, 2.45) is 0 Å². The monoisotopic (exact) mass is 279 g/mol. The number of hydrogen-bond donors (Lipinski definition) is 1. The molecular formula is C15H19F2N3. The van der Waals surface area contributed by atoms with Crippen LogP contribution in [0.4, 0.5) is 8.78 Å². The molecule has 108 valence electrons. The third kappa shape index (κ3) is 2.72. The second-order valence-corrected chi connectivity index (χ2v) is 4.66. The van der Waals surface area contributed by atoms with E-state index in [4.69, 9.17) is 0 Å². The zero-order valence-electron chi connectivity index (χ0n) is 12.0. The molecule has 1 atom stereocenters. The van der Waals surface area contributed by atoms with E-state index in [1.807, 2.05) is 31.5 Å². The zero-order valence-corrected chi connectivity index (χ0v) is 12.0. The van der Waals surface area contributed by atoms with Crippen LogP contribution in [-0.4, -0.2) is 16.3 Å². The fraction of sp³-hybridized carbons (Fsp3) is 0.400. The zero-order chi connectivity index (χ0) is 14.7. The predicted octanol–water partition coefficient (Wildman–Crippen LogP) is 3.19. The summed E-state index contributed by atoms with van der Waals surface area (Å²) in [4.78, 5) is 0. The molecule has 20 heavy (non-hydrogen) atoms. The maximum Gasteiger partial charge on any atom is 0.163 e. The molecular weight excluding hydrogens is 260 g/mol. The third-order valence-electron chi connectivity index (χ3n) is 3.23. The van der Waals surface area contributed by atoms with Crippen LogP contribution in [0.5, 0.6) is 0 Å². The first-order chi connectivity index (χ1) is 9.58. The average Bonchev–Trinajstić information content (AvgIpc) is 2.80. The molecule has 2 aromatic rings. The standard InChI is InChI=1S/C15H19F2N3/c1-4-18-15(11-7-6-8-12(16)14(11)17)13-9-10(3)19-20(13)5-2/h6-9,15,18H,4-5H2,1-3H3. The molecule has 1 heterocycles. The largest absolute Gasteiger partial charge is 0.305 e.